The van der Waals surface area contributed by atoms with E-state index in [1.165, 1.54) is 55.5 Å². The molecule has 4 aliphatic heterocycles. The molecule has 4 fully saturated rings. The lowest BCUT2D eigenvalue weighted by Crippen LogP contribution is -2.56. The van der Waals surface area contributed by atoms with E-state index < -0.39 is 88.3 Å². The molecule has 278 valence electrons. The first-order chi connectivity index (χ1) is 24.5. The minimum absolute atomic E-state index is 0.133. The van der Waals surface area contributed by atoms with Crippen LogP contribution in [0.15, 0.2) is 83.4 Å². The summed E-state index contributed by atoms with van der Waals surface area (Å²) in [7, 11) is 0. The second-order valence-electron chi connectivity index (χ2n) is 12.7. The third kappa shape index (κ3) is 8.02. The molecular weight excluding hydrogens is 688 g/mol. The summed E-state index contributed by atoms with van der Waals surface area (Å²) in [5.41, 5.74) is -1.03. The average molecular weight is 727 g/mol. The molecule has 16 heteroatoms. The highest BCUT2D eigenvalue weighted by Crippen LogP contribution is 2.45. The van der Waals surface area contributed by atoms with Gasteiger partial charge in [-0.2, -0.15) is 0 Å². The maximum Gasteiger partial charge on any atom is 0.348 e. The molecule has 0 bridgehead atoms. The second kappa shape index (κ2) is 14.6. The summed E-state index contributed by atoms with van der Waals surface area (Å²) in [6.45, 7) is 6.51. The number of aliphatic hydroxyl groups is 2. The Morgan fingerprint density at radius 2 is 1.10 bits per heavy atom. The maximum absolute atomic E-state index is 12.8. The van der Waals surface area contributed by atoms with E-state index >= 15 is 0 Å². The summed E-state index contributed by atoms with van der Waals surface area (Å²) in [5, 5.41) is 20.2. The van der Waals surface area contributed by atoms with E-state index in [2.05, 4.69) is 0 Å². The maximum atomic E-state index is 12.8. The van der Waals surface area contributed by atoms with Crippen molar-refractivity contribution in [2.75, 3.05) is 0 Å². The van der Waals surface area contributed by atoms with E-state index in [0.29, 0.717) is 12.8 Å². The van der Waals surface area contributed by atoms with Crippen molar-refractivity contribution >= 4 is 35.8 Å². The van der Waals surface area contributed by atoms with Crippen LogP contribution in [0.3, 0.4) is 0 Å². The average Bonchev–Trinajstić information content (AvgIpc) is 3.06. The number of carbonyl (C=O) groups excluding carboxylic acids is 6. The molecule has 5 aliphatic rings. The Labute approximate surface area is 297 Å². The van der Waals surface area contributed by atoms with Gasteiger partial charge in [0.25, 0.3) is 23.3 Å². The molecule has 0 aromatic rings. The van der Waals surface area contributed by atoms with E-state index in [4.69, 9.17) is 37.9 Å². The molecule has 0 aromatic heterocycles. The van der Waals surface area contributed by atoms with Crippen molar-refractivity contribution in [2.24, 2.45) is 5.92 Å². The smallest absolute Gasteiger partial charge is 0.348 e. The topological polar surface area (TPSA) is 217 Å². The van der Waals surface area contributed by atoms with Crippen LogP contribution in [0, 0.1) is 5.92 Å². The molecule has 2 spiro atoms. The van der Waals surface area contributed by atoms with Gasteiger partial charge in [-0.3, -0.25) is 4.79 Å². The number of hydrogen-bond acceptors (Lipinski definition) is 16. The van der Waals surface area contributed by atoms with Crippen LogP contribution < -0.4 is 0 Å². The van der Waals surface area contributed by atoms with Gasteiger partial charge in [0.15, 0.2) is 6.29 Å². The number of aliphatic hydroxyl groups excluding tert-OH is 2. The zero-order valence-electron chi connectivity index (χ0n) is 28.8. The number of cyclic esters (lactones) is 2. The van der Waals surface area contributed by atoms with Crippen LogP contribution in [0.4, 0.5) is 0 Å². The Kier molecular flexibility index (Phi) is 10.6. The van der Waals surface area contributed by atoms with Gasteiger partial charge < -0.3 is 48.1 Å². The molecule has 3 saturated heterocycles. The van der Waals surface area contributed by atoms with Crippen molar-refractivity contribution in [3.8, 4) is 0 Å². The van der Waals surface area contributed by atoms with Crippen LogP contribution in [0.5, 0.6) is 0 Å². The normalized spacial score (nSPS) is 34.1. The molecule has 1 saturated carbocycles. The molecule has 0 amide bonds. The highest BCUT2D eigenvalue weighted by atomic mass is 16.8. The van der Waals surface area contributed by atoms with Crippen molar-refractivity contribution in [1.82, 2.24) is 0 Å². The Morgan fingerprint density at radius 3 is 1.54 bits per heavy atom. The lowest BCUT2D eigenvalue weighted by atomic mass is 9.87. The minimum atomic E-state index is -1.67. The SMILES string of the molecule is CCC1(C)OC(=O)C(/C=C/C=C/C=C2C(=O)OC3(CCC4(CC3)OC(=O)C(=C/C=C/C=C/C3C(=O)OC(C)(CC)OC3O)C(=O)O4)OC2=O)=C(O)O1. The summed E-state index contributed by atoms with van der Waals surface area (Å²) >= 11 is 0. The molecule has 0 aromatic carbocycles. The van der Waals surface area contributed by atoms with Gasteiger partial charge in [-0.1, -0.05) is 56.4 Å². The molecule has 52 heavy (non-hydrogen) atoms. The highest BCUT2D eigenvalue weighted by molar-refractivity contribution is 6.16. The summed E-state index contributed by atoms with van der Waals surface area (Å²) in [6, 6.07) is 0. The van der Waals surface area contributed by atoms with Crippen LogP contribution >= 0.6 is 0 Å². The quantitative estimate of drug-likeness (QED) is 0.121. The van der Waals surface area contributed by atoms with Gasteiger partial charge in [-0.15, -0.1) is 0 Å². The van der Waals surface area contributed by atoms with E-state index in [9.17, 15) is 39.0 Å². The number of esters is 6. The summed E-state index contributed by atoms with van der Waals surface area (Å²) in [5.74, 6) is -12.8. The predicted octanol–water partition coefficient (Wildman–Crippen LogP) is 3.33. The van der Waals surface area contributed by atoms with Gasteiger partial charge in [-0.25, -0.2) is 24.0 Å². The lowest BCUT2D eigenvalue weighted by Gasteiger charge is -2.45. The number of hydrogen-bond donors (Lipinski definition) is 2. The van der Waals surface area contributed by atoms with Crippen LogP contribution in [-0.2, 0) is 66.7 Å². The van der Waals surface area contributed by atoms with Gasteiger partial charge in [-0.05, 0) is 18.2 Å². The van der Waals surface area contributed by atoms with Crippen LogP contribution in [0.2, 0.25) is 0 Å². The fraction of sp³-hybridized carbons (Fsp3) is 0.444. The van der Waals surface area contributed by atoms with Crippen LogP contribution in [0.1, 0.15) is 66.2 Å². The molecule has 1 aliphatic carbocycles. The van der Waals surface area contributed by atoms with Crippen LogP contribution in [0.25, 0.3) is 0 Å². The zero-order valence-corrected chi connectivity index (χ0v) is 28.8. The molecule has 16 nitrogen and oxygen atoms in total. The first-order valence-corrected chi connectivity index (χ1v) is 16.5. The Hall–Kier alpha value is -5.48. The third-order valence-corrected chi connectivity index (χ3v) is 8.94. The molecular formula is C36H38O16. The third-order valence-electron chi connectivity index (χ3n) is 8.94. The highest BCUT2D eigenvalue weighted by Gasteiger charge is 2.56. The van der Waals surface area contributed by atoms with E-state index in [0.717, 1.165) is 12.2 Å². The molecule has 2 N–H and O–H groups in total. The number of allylic oxidation sites excluding steroid dienone is 8. The van der Waals surface area contributed by atoms with Crippen molar-refractivity contribution in [2.45, 2.75) is 95.7 Å². The fourth-order valence-electron chi connectivity index (χ4n) is 5.55. The van der Waals surface area contributed by atoms with Gasteiger partial charge in [0.2, 0.25) is 5.79 Å². The van der Waals surface area contributed by atoms with Gasteiger partial charge in [0, 0.05) is 52.4 Å². The predicted molar refractivity (Wildman–Crippen MR) is 172 cm³/mol. The molecule has 4 heterocycles. The Morgan fingerprint density at radius 1 is 0.615 bits per heavy atom. The minimum Gasteiger partial charge on any atom is -0.480 e. The van der Waals surface area contributed by atoms with Crippen molar-refractivity contribution in [3.05, 3.63) is 83.4 Å². The molecule has 0 radical (unpaired) electrons. The summed E-state index contributed by atoms with van der Waals surface area (Å²) < 4.78 is 43.0. The molecule has 5 rings (SSSR count). The largest absolute Gasteiger partial charge is 0.480 e. The van der Waals surface area contributed by atoms with Crippen molar-refractivity contribution in [3.63, 3.8) is 0 Å². The zero-order chi connectivity index (χ0) is 37.9. The monoisotopic (exact) mass is 726 g/mol. The molecule has 4 atom stereocenters. The van der Waals surface area contributed by atoms with E-state index in [1.807, 2.05) is 0 Å². The first kappa shape index (κ1) is 37.8. The van der Waals surface area contributed by atoms with E-state index in [1.54, 1.807) is 20.8 Å². The van der Waals surface area contributed by atoms with Gasteiger partial charge >= 0.3 is 35.8 Å². The standard InChI is InChI=1S/C36H38O16/c1-5-33(3)45-25(37)21(26(38)46-33)13-9-7-11-15-23-29(41)49-35(50-30(23)42)17-19-36(20-18-35)51-31(43)24(32(44)52-36)16-12-8-10-14-22-27(39)47-34(4,6-2)48-28(22)40/h7-16,21,25,37,39H,5-6,17-20H2,1-4H3/b11-7+,12-8+,13-9+,14-10+,23-15?,24-16?. The first-order valence-electron chi connectivity index (χ1n) is 16.5. The van der Waals surface area contributed by atoms with E-state index in [-0.39, 0.29) is 31.3 Å². The second-order valence-corrected chi connectivity index (χ2v) is 12.7. The van der Waals surface area contributed by atoms with Gasteiger partial charge in [0.1, 0.15) is 22.6 Å². The lowest BCUT2D eigenvalue weighted by molar-refractivity contribution is -0.317. The van der Waals surface area contributed by atoms with Crippen molar-refractivity contribution in [1.29, 1.82) is 0 Å². The summed E-state index contributed by atoms with van der Waals surface area (Å²) in [4.78, 5) is 75.6. The van der Waals surface area contributed by atoms with Crippen molar-refractivity contribution < 1.29 is 76.9 Å². The number of carbonyl (C=O) groups is 6. The molecule has 4 unspecified atom stereocenters. The number of rotatable bonds is 8. The van der Waals surface area contributed by atoms with Crippen LogP contribution in [-0.4, -0.2) is 75.5 Å². The Bertz CT molecular complexity index is 1710. The van der Waals surface area contributed by atoms with Gasteiger partial charge in [0.05, 0.1) is 0 Å². The number of ether oxygens (including phenoxy) is 8. The summed E-state index contributed by atoms with van der Waals surface area (Å²) in [6.07, 6.45) is 11.8. The Balaban J connectivity index is 1.13. The fourth-order valence-corrected chi connectivity index (χ4v) is 5.55.